The lowest BCUT2D eigenvalue weighted by Crippen LogP contribution is -2.59. The number of nitrogens with one attached hydrogen (secondary N) is 3. The lowest BCUT2D eigenvalue weighted by atomic mass is 10.1. The van der Waals surface area contributed by atoms with Crippen LogP contribution in [0, 0.1) is 0 Å². The van der Waals surface area contributed by atoms with E-state index in [-0.39, 0.29) is 12.2 Å². The van der Waals surface area contributed by atoms with E-state index in [1.807, 2.05) is 5.32 Å². The topological polar surface area (TPSA) is 249 Å². The molecule has 14 heteroatoms. The largest absolute Gasteiger partial charge is 0.508 e. The summed E-state index contributed by atoms with van der Waals surface area (Å²) in [4.78, 5) is 58.7. The summed E-state index contributed by atoms with van der Waals surface area (Å²) in [7, 11) is 0. The Kier molecular flexibility index (Phi) is 10.7. The maximum absolute atomic E-state index is 12.4. The number of aliphatic hydroxyl groups is 2. The Morgan fingerprint density at radius 3 is 1.67 bits per heavy atom. The number of aliphatic hydroxyl groups excluding tert-OH is 2. The summed E-state index contributed by atoms with van der Waals surface area (Å²) >= 11 is 0. The maximum Gasteiger partial charge on any atom is 0.326 e. The average Bonchev–Trinajstić information content (AvgIpc) is 2.75. The highest BCUT2D eigenvalue weighted by molar-refractivity contribution is 5.94. The number of phenols is 1. The average molecular weight is 470 g/mol. The van der Waals surface area contributed by atoms with Crippen LogP contribution in [0.5, 0.6) is 5.75 Å². The van der Waals surface area contributed by atoms with Crippen molar-refractivity contribution in [2.24, 2.45) is 5.73 Å². The van der Waals surface area contributed by atoms with Crippen molar-refractivity contribution in [1.82, 2.24) is 16.0 Å². The number of carbonyl (C=O) groups is 5. The zero-order chi connectivity index (χ0) is 25.1. The summed E-state index contributed by atoms with van der Waals surface area (Å²) in [6.07, 6.45) is -0.894. The van der Waals surface area contributed by atoms with Crippen LogP contribution in [0.2, 0.25) is 0 Å². The summed E-state index contributed by atoms with van der Waals surface area (Å²) in [5.41, 5.74) is 5.85. The van der Waals surface area contributed by atoms with Crippen molar-refractivity contribution >= 4 is 29.7 Å². The summed E-state index contributed by atoms with van der Waals surface area (Å²) in [6, 6.07) is -0.618. The second kappa shape index (κ2) is 12.9. The molecule has 0 radical (unpaired) electrons. The lowest BCUT2D eigenvalue weighted by molar-refractivity contribution is -0.142. The molecule has 0 spiro atoms. The van der Waals surface area contributed by atoms with E-state index >= 15 is 0 Å². The smallest absolute Gasteiger partial charge is 0.326 e. The fourth-order valence-corrected chi connectivity index (χ4v) is 2.56. The molecule has 0 saturated carbocycles. The van der Waals surface area contributed by atoms with Crippen LogP contribution in [0.15, 0.2) is 24.3 Å². The molecule has 0 aromatic heterocycles. The van der Waals surface area contributed by atoms with Crippen molar-refractivity contribution in [3.05, 3.63) is 29.8 Å². The van der Waals surface area contributed by atoms with Gasteiger partial charge < -0.3 is 47.2 Å². The molecule has 0 aliphatic carbocycles. The van der Waals surface area contributed by atoms with E-state index in [1.165, 1.54) is 24.3 Å². The highest BCUT2D eigenvalue weighted by Gasteiger charge is 2.30. The SMILES string of the molecule is NC(CC(=O)O)C(=O)NC(CO)C(=O)NC(CO)C(=O)NC(Cc1ccc(O)cc1)C(=O)O. The molecule has 0 aliphatic heterocycles. The Balaban J connectivity index is 2.78. The Hall–Kier alpha value is -3.75. The Labute approximate surface area is 187 Å². The Morgan fingerprint density at radius 2 is 1.24 bits per heavy atom. The quantitative estimate of drug-likeness (QED) is 0.135. The molecule has 182 valence electrons. The summed E-state index contributed by atoms with van der Waals surface area (Å²) < 4.78 is 0. The van der Waals surface area contributed by atoms with E-state index in [1.54, 1.807) is 0 Å². The first-order valence-electron chi connectivity index (χ1n) is 9.59. The van der Waals surface area contributed by atoms with Crippen LogP contribution >= 0.6 is 0 Å². The van der Waals surface area contributed by atoms with E-state index in [0.29, 0.717) is 5.56 Å². The molecule has 0 heterocycles. The Bertz CT molecular complexity index is 861. The van der Waals surface area contributed by atoms with Crippen molar-refractivity contribution < 1.29 is 49.5 Å². The highest BCUT2D eigenvalue weighted by atomic mass is 16.4. The van der Waals surface area contributed by atoms with Crippen molar-refractivity contribution in [3.8, 4) is 5.75 Å². The third-order valence-corrected chi connectivity index (χ3v) is 4.35. The summed E-state index contributed by atoms with van der Waals surface area (Å²) in [5.74, 6) is -5.99. The second-order valence-electron chi connectivity index (χ2n) is 6.96. The molecular weight excluding hydrogens is 444 g/mol. The van der Waals surface area contributed by atoms with Crippen molar-refractivity contribution in [1.29, 1.82) is 0 Å². The number of hydrogen-bond acceptors (Lipinski definition) is 9. The minimum absolute atomic E-state index is 0.0350. The number of benzene rings is 1. The molecule has 4 atom stereocenters. The predicted octanol–water partition coefficient (Wildman–Crippen LogP) is -3.74. The molecule has 0 bridgehead atoms. The third-order valence-electron chi connectivity index (χ3n) is 4.35. The first kappa shape index (κ1) is 27.3. The van der Waals surface area contributed by atoms with Crippen LogP contribution in [0.1, 0.15) is 12.0 Å². The highest BCUT2D eigenvalue weighted by Crippen LogP contribution is 2.11. The second-order valence-corrected chi connectivity index (χ2v) is 6.96. The predicted molar refractivity (Wildman–Crippen MR) is 110 cm³/mol. The number of carboxylic acid groups (broad SMARTS) is 2. The van der Waals surface area contributed by atoms with E-state index in [4.69, 9.17) is 10.8 Å². The third kappa shape index (κ3) is 9.10. The van der Waals surface area contributed by atoms with Gasteiger partial charge in [-0.3, -0.25) is 19.2 Å². The van der Waals surface area contributed by atoms with Gasteiger partial charge in [-0.2, -0.15) is 0 Å². The molecule has 14 nitrogen and oxygen atoms in total. The maximum atomic E-state index is 12.4. The fourth-order valence-electron chi connectivity index (χ4n) is 2.56. The molecular formula is C19H26N4O10. The summed E-state index contributed by atoms with van der Waals surface area (Å²) in [5, 5.41) is 52.3. The number of aromatic hydroxyl groups is 1. The number of carbonyl (C=O) groups excluding carboxylic acids is 3. The van der Waals surface area contributed by atoms with Crippen molar-refractivity contribution in [2.75, 3.05) is 13.2 Å². The first-order chi connectivity index (χ1) is 15.5. The number of rotatable bonds is 13. The van der Waals surface area contributed by atoms with Gasteiger partial charge in [0.2, 0.25) is 17.7 Å². The molecule has 0 saturated heterocycles. The number of phenolic OH excluding ortho intramolecular Hbond substituents is 1. The lowest BCUT2D eigenvalue weighted by Gasteiger charge is -2.23. The van der Waals surface area contributed by atoms with Gasteiger partial charge >= 0.3 is 11.9 Å². The zero-order valence-corrected chi connectivity index (χ0v) is 17.3. The van der Waals surface area contributed by atoms with Gasteiger partial charge in [-0.15, -0.1) is 0 Å². The molecule has 10 N–H and O–H groups in total. The van der Waals surface area contributed by atoms with Gasteiger partial charge in [0, 0.05) is 6.42 Å². The standard InChI is InChI=1S/C19H26N4O10/c20-11(6-15(27)28)16(29)22-13(7-24)18(31)23-14(8-25)17(30)21-12(19(32)33)5-9-1-3-10(26)4-2-9/h1-4,11-14,24-26H,5-8,20H2,(H,21,30)(H,22,29)(H,23,31)(H,27,28)(H,32,33). The van der Waals surface area contributed by atoms with Crippen LogP contribution in [0.4, 0.5) is 0 Å². The van der Waals surface area contributed by atoms with Gasteiger partial charge in [-0.05, 0) is 17.7 Å². The number of amides is 3. The zero-order valence-electron chi connectivity index (χ0n) is 17.3. The molecule has 4 unspecified atom stereocenters. The molecule has 33 heavy (non-hydrogen) atoms. The van der Waals surface area contributed by atoms with Gasteiger partial charge in [0.05, 0.1) is 25.7 Å². The Morgan fingerprint density at radius 1 is 0.788 bits per heavy atom. The summed E-state index contributed by atoms with van der Waals surface area (Å²) in [6.45, 7) is -1.87. The minimum Gasteiger partial charge on any atom is -0.508 e. The minimum atomic E-state index is -1.63. The van der Waals surface area contributed by atoms with Crippen LogP contribution in [-0.4, -0.2) is 92.6 Å². The van der Waals surface area contributed by atoms with Crippen LogP contribution in [0.3, 0.4) is 0 Å². The normalized spacial score (nSPS) is 14.3. The van der Waals surface area contributed by atoms with Gasteiger partial charge in [-0.1, -0.05) is 12.1 Å². The first-order valence-corrected chi connectivity index (χ1v) is 9.59. The van der Waals surface area contributed by atoms with Crippen molar-refractivity contribution in [2.45, 2.75) is 37.0 Å². The number of aliphatic carboxylic acids is 2. The van der Waals surface area contributed by atoms with E-state index < -0.39 is 73.5 Å². The fraction of sp³-hybridized carbons (Fsp3) is 0.421. The molecule has 0 fully saturated rings. The van der Waals surface area contributed by atoms with E-state index in [9.17, 15) is 44.4 Å². The van der Waals surface area contributed by atoms with Crippen LogP contribution < -0.4 is 21.7 Å². The van der Waals surface area contributed by atoms with E-state index in [2.05, 4.69) is 10.6 Å². The monoisotopic (exact) mass is 470 g/mol. The van der Waals surface area contributed by atoms with E-state index in [0.717, 1.165) is 0 Å². The number of nitrogens with two attached hydrogens (primary N) is 1. The number of hydrogen-bond donors (Lipinski definition) is 9. The molecule has 1 aromatic rings. The van der Waals surface area contributed by atoms with Gasteiger partial charge in [0.1, 0.15) is 23.9 Å². The van der Waals surface area contributed by atoms with Crippen LogP contribution in [0.25, 0.3) is 0 Å². The van der Waals surface area contributed by atoms with Gasteiger partial charge in [-0.25, -0.2) is 4.79 Å². The molecule has 1 rings (SSSR count). The molecule has 0 aliphatic rings. The van der Waals surface area contributed by atoms with Crippen LogP contribution in [-0.2, 0) is 30.4 Å². The van der Waals surface area contributed by atoms with Gasteiger partial charge in [0.25, 0.3) is 0 Å². The van der Waals surface area contributed by atoms with Crippen molar-refractivity contribution in [3.63, 3.8) is 0 Å². The van der Waals surface area contributed by atoms with Gasteiger partial charge in [0.15, 0.2) is 0 Å². The molecule has 3 amide bonds. The number of carboxylic acids is 2. The molecule has 1 aromatic carbocycles.